The summed E-state index contributed by atoms with van der Waals surface area (Å²) in [7, 11) is 0. The first-order valence-corrected chi connectivity index (χ1v) is 8.85. The monoisotopic (exact) mass is 392 g/mol. The van der Waals surface area contributed by atoms with E-state index in [0.717, 1.165) is 5.56 Å². The van der Waals surface area contributed by atoms with Crippen LogP contribution in [-0.4, -0.2) is 24.1 Å². The van der Waals surface area contributed by atoms with Crippen molar-refractivity contribution < 1.29 is 27.5 Å². The second-order valence-corrected chi connectivity index (χ2v) is 6.64. The Morgan fingerprint density at radius 1 is 0.964 bits per heavy atom. The molecule has 3 rings (SSSR count). The molecule has 2 aromatic carbocycles. The summed E-state index contributed by atoms with van der Waals surface area (Å²) in [5.74, 6) is -5.15. The van der Waals surface area contributed by atoms with Gasteiger partial charge in [0.05, 0.1) is 0 Å². The molecule has 0 radical (unpaired) electrons. The molecule has 1 saturated carbocycles. The van der Waals surface area contributed by atoms with Gasteiger partial charge < -0.3 is 15.4 Å². The summed E-state index contributed by atoms with van der Waals surface area (Å²) >= 11 is 0. The third-order valence-corrected chi connectivity index (χ3v) is 4.55. The summed E-state index contributed by atoms with van der Waals surface area (Å²) < 4.78 is 44.7. The van der Waals surface area contributed by atoms with Gasteiger partial charge in [-0.25, -0.2) is 18.0 Å². The van der Waals surface area contributed by atoms with E-state index in [4.69, 9.17) is 4.74 Å². The van der Waals surface area contributed by atoms with Gasteiger partial charge in [-0.15, -0.1) is 0 Å². The number of hydrogen-bond donors (Lipinski definition) is 2. The number of benzene rings is 2. The highest BCUT2D eigenvalue weighted by atomic mass is 19.2. The molecule has 0 unspecified atom stereocenters. The Kier molecular flexibility index (Phi) is 6.18. The highest BCUT2D eigenvalue weighted by Crippen LogP contribution is 2.21. The molecule has 0 spiro atoms. The number of ether oxygens (including phenoxy) is 1. The van der Waals surface area contributed by atoms with Crippen molar-refractivity contribution >= 4 is 12.0 Å². The fourth-order valence-corrected chi connectivity index (χ4v) is 3.13. The second kappa shape index (κ2) is 8.77. The minimum atomic E-state index is -1.62. The van der Waals surface area contributed by atoms with Crippen molar-refractivity contribution in [3.63, 3.8) is 0 Å². The van der Waals surface area contributed by atoms with Gasteiger partial charge in [0.25, 0.3) is 5.91 Å². The predicted octanol–water partition coefficient (Wildman–Crippen LogP) is 3.68. The predicted molar refractivity (Wildman–Crippen MR) is 95.0 cm³/mol. The summed E-state index contributed by atoms with van der Waals surface area (Å²) in [5.41, 5.74) is 0.572. The van der Waals surface area contributed by atoms with Crippen molar-refractivity contribution in [3.05, 3.63) is 71.0 Å². The number of nitrogens with one attached hydrogen (secondary N) is 2. The van der Waals surface area contributed by atoms with Gasteiger partial charge in [0.15, 0.2) is 17.5 Å². The van der Waals surface area contributed by atoms with Crippen LogP contribution in [0.2, 0.25) is 0 Å². The van der Waals surface area contributed by atoms with Crippen molar-refractivity contribution in [1.82, 2.24) is 10.6 Å². The summed E-state index contributed by atoms with van der Waals surface area (Å²) in [6.07, 6.45) is 1.11. The average molecular weight is 392 g/mol. The van der Waals surface area contributed by atoms with Gasteiger partial charge >= 0.3 is 6.09 Å². The van der Waals surface area contributed by atoms with Crippen molar-refractivity contribution in [2.45, 2.75) is 38.0 Å². The van der Waals surface area contributed by atoms with Gasteiger partial charge in [-0.2, -0.15) is 0 Å². The molecule has 0 aliphatic heterocycles. The zero-order valence-corrected chi connectivity index (χ0v) is 14.9. The largest absolute Gasteiger partial charge is 0.445 e. The zero-order valence-electron chi connectivity index (χ0n) is 14.9. The fraction of sp³-hybridized carbons (Fsp3) is 0.300. The number of carbonyl (C=O) groups excluding carboxylic acids is 2. The second-order valence-electron chi connectivity index (χ2n) is 6.64. The first-order valence-electron chi connectivity index (χ1n) is 8.85. The first kappa shape index (κ1) is 19.7. The first-order chi connectivity index (χ1) is 13.4. The third kappa shape index (κ3) is 5.03. The lowest BCUT2D eigenvalue weighted by Gasteiger charge is -2.15. The molecule has 2 N–H and O–H groups in total. The van der Waals surface area contributed by atoms with E-state index < -0.39 is 29.5 Å². The lowest BCUT2D eigenvalue weighted by molar-refractivity contribution is 0.0936. The maximum Gasteiger partial charge on any atom is 0.407 e. The van der Waals surface area contributed by atoms with Crippen LogP contribution in [0, 0.1) is 17.5 Å². The van der Waals surface area contributed by atoms with Gasteiger partial charge in [-0.05, 0) is 37.0 Å². The van der Waals surface area contributed by atoms with E-state index >= 15 is 0 Å². The van der Waals surface area contributed by atoms with E-state index in [-0.39, 0.29) is 24.3 Å². The lowest BCUT2D eigenvalue weighted by atomic mass is 10.1. The van der Waals surface area contributed by atoms with Crippen molar-refractivity contribution in [2.75, 3.05) is 0 Å². The molecular weight excluding hydrogens is 373 g/mol. The molecule has 1 aliphatic carbocycles. The molecule has 28 heavy (non-hydrogen) atoms. The molecule has 2 atom stereocenters. The van der Waals surface area contributed by atoms with Gasteiger partial charge in [0, 0.05) is 17.6 Å². The molecule has 1 fully saturated rings. The lowest BCUT2D eigenvalue weighted by Crippen LogP contribution is -2.37. The van der Waals surface area contributed by atoms with Crippen LogP contribution in [-0.2, 0) is 11.3 Å². The Balaban J connectivity index is 1.46. The van der Waals surface area contributed by atoms with E-state index in [9.17, 15) is 22.8 Å². The molecule has 8 heteroatoms. The molecule has 1 aliphatic rings. The van der Waals surface area contributed by atoms with Crippen LogP contribution < -0.4 is 10.6 Å². The van der Waals surface area contributed by atoms with Crippen LogP contribution in [0.25, 0.3) is 0 Å². The normalized spacial score (nSPS) is 18.5. The molecule has 0 bridgehead atoms. The average Bonchev–Trinajstić information content (AvgIpc) is 3.11. The Morgan fingerprint density at radius 3 is 2.21 bits per heavy atom. The van der Waals surface area contributed by atoms with E-state index in [1.54, 1.807) is 0 Å². The fourth-order valence-electron chi connectivity index (χ4n) is 3.13. The molecule has 5 nitrogen and oxygen atoms in total. The standard InChI is InChI=1S/C20H19F3N2O3/c21-16-8-13(9-17(22)18(16)23)19(26)24-14-6-7-15(10-14)25-20(27)28-11-12-4-2-1-3-5-12/h1-5,8-9,14-15H,6-7,10-11H2,(H,24,26)(H,25,27)/t14-,15+/m1/s1. The molecule has 148 valence electrons. The zero-order chi connectivity index (χ0) is 20.1. The number of hydrogen-bond acceptors (Lipinski definition) is 3. The molecule has 0 saturated heterocycles. The van der Waals surface area contributed by atoms with Crippen LogP contribution in [0.15, 0.2) is 42.5 Å². The van der Waals surface area contributed by atoms with Gasteiger partial charge in [0.1, 0.15) is 6.61 Å². The number of alkyl carbamates (subject to hydrolysis) is 1. The van der Waals surface area contributed by atoms with E-state index in [2.05, 4.69) is 10.6 Å². The van der Waals surface area contributed by atoms with Gasteiger partial charge in [-0.3, -0.25) is 4.79 Å². The topological polar surface area (TPSA) is 67.4 Å². The minimum Gasteiger partial charge on any atom is -0.445 e. The summed E-state index contributed by atoms with van der Waals surface area (Å²) in [6, 6.07) is 10.1. The van der Waals surface area contributed by atoms with E-state index in [1.807, 2.05) is 30.3 Å². The number of halogens is 3. The highest BCUT2D eigenvalue weighted by Gasteiger charge is 2.28. The Labute approximate surface area is 159 Å². The Hall–Kier alpha value is -3.03. The quantitative estimate of drug-likeness (QED) is 0.763. The van der Waals surface area contributed by atoms with Crippen LogP contribution in [0.3, 0.4) is 0 Å². The molecule has 2 aromatic rings. The molecule has 0 aromatic heterocycles. The SMILES string of the molecule is O=C(N[C@H]1CC[C@@H](NC(=O)c2cc(F)c(F)c(F)c2)C1)OCc1ccccc1. The summed E-state index contributed by atoms with van der Waals surface area (Å²) in [6.45, 7) is 0.154. The van der Waals surface area contributed by atoms with Crippen LogP contribution in [0.5, 0.6) is 0 Å². The third-order valence-electron chi connectivity index (χ3n) is 4.55. The molecule has 2 amide bonds. The maximum absolute atomic E-state index is 13.3. The van der Waals surface area contributed by atoms with E-state index in [0.29, 0.717) is 31.4 Å². The van der Waals surface area contributed by atoms with E-state index in [1.165, 1.54) is 0 Å². The van der Waals surface area contributed by atoms with Gasteiger partial charge in [-0.1, -0.05) is 30.3 Å². The number of amides is 2. The van der Waals surface area contributed by atoms with Crippen molar-refractivity contribution in [3.8, 4) is 0 Å². The van der Waals surface area contributed by atoms with Crippen LogP contribution >= 0.6 is 0 Å². The highest BCUT2D eigenvalue weighted by molar-refractivity contribution is 5.94. The molecule has 0 heterocycles. The molecular formula is C20H19F3N2O3. The number of rotatable bonds is 5. The van der Waals surface area contributed by atoms with Crippen molar-refractivity contribution in [2.24, 2.45) is 0 Å². The Morgan fingerprint density at radius 2 is 1.57 bits per heavy atom. The Bertz CT molecular complexity index is 838. The summed E-state index contributed by atoms with van der Waals surface area (Å²) in [5, 5.41) is 5.38. The van der Waals surface area contributed by atoms with Gasteiger partial charge in [0.2, 0.25) is 0 Å². The van der Waals surface area contributed by atoms with Crippen LogP contribution in [0.4, 0.5) is 18.0 Å². The van der Waals surface area contributed by atoms with Crippen molar-refractivity contribution in [1.29, 1.82) is 0 Å². The minimum absolute atomic E-state index is 0.154. The number of carbonyl (C=O) groups is 2. The van der Waals surface area contributed by atoms with Crippen LogP contribution in [0.1, 0.15) is 35.2 Å². The maximum atomic E-state index is 13.3. The smallest absolute Gasteiger partial charge is 0.407 e. The summed E-state index contributed by atoms with van der Waals surface area (Å²) in [4.78, 5) is 24.0.